The van der Waals surface area contributed by atoms with Crippen LogP contribution in [0.2, 0.25) is 10.0 Å². The molecule has 0 saturated heterocycles. The zero-order valence-corrected chi connectivity index (χ0v) is 17.5. The lowest BCUT2D eigenvalue weighted by Crippen LogP contribution is -2.50. The van der Waals surface area contributed by atoms with Gasteiger partial charge in [0.05, 0.1) is 22.2 Å². The molecule has 7 nitrogen and oxygen atoms in total. The molecule has 0 aliphatic carbocycles. The molecule has 5 rings (SSSR count). The zero-order chi connectivity index (χ0) is 21.6. The molecule has 1 aliphatic rings. The Bertz CT molecular complexity index is 1380. The van der Waals surface area contributed by atoms with Gasteiger partial charge in [0.2, 0.25) is 0 Å². The van der Waals surface area contributed by atoms with Crippen molar-refractivity contribution in [3.05, 3.63) is 92.1 Å². The third kappa shape index (κ3) is 3.36. The topological polar surface area (TPSA) is 97.2 Å². The fourth-order valence-corrected chi connectivity index (χ4v) is 4.15. The molecule has 0 fully saturated rings. The second-order valence-corrected chi connectivity index (χ2v) is 7.98. The van der Waals surface area contributed by atoms with Crippen molar-refractivity contribution in [2.24, 2.45) is 0 Å². The molecule has 4 aromatic rings. The van der Waals surface area contributed by atoms with E-state index in [1.165, 1.54) is 6.07 Å². The van der Waals surface area contributed by atoms with Crippen molar-refractivity contribution >= 4 is 40.2 Å². The Kier molecular flexibility index (Phi) is 4.72. The summed E-state index contributed by atoms with van der Waals surface area (Å²) in [5.74, 6) is -0.370. The van der Waals surface area contributed by atoms with Crippen molar-refractivity contribution in [3.8, 4) is 5.75 Å². The molecule has 0 spiro atoms. The summed E-state index contributed by atoms with van der Waals surface area (Å²) in [5, 5.41) is 3.90. The molecule has 1 unspecified atom stereocenters. The number of oxazole rings is 1. The van der Waals surface area contributed by atoms with Crippen LogP contribution in [0.1, 0.15) is 28.0 Å². The molecule has 0 saturated carbocycles. The molecule has 1 amide bonds. The summed E-state index contributed by atoms with van der Waals surface area (Å²) in [6.07, 6.45) is 2.08. The van der Waals surface area contributed by atoms with E-state index in [0.29, 0.717) is 51.2 Å². The predicted octanol–water partition coefficient (Wildman–Crippen LogP) is 4.28. The number of hydrogen-bond donors (Lipinski definition) is 2. The molecule has 156 valence electrons. The van der Waals surface area contributed by atoms with Crippen molar-refractivity contribution in [3.63, 3.8) is 0 Å². The number of fused-ring (bicyclic) bond motifs is 2. The largest absolute Gasteiger partial charge is 0.491 e. The number of carbonyl (C=O) groups is 1. The molecular weight excluding hydrogens is 441 g/mol. The van der Waals surface area contributed by atoms with Crippen molar-refractivity contribution < 1.29 is 13.9 Å². The molecule has 2 aromatic carbocycles. The monoisotopic (exact) mass is 455 g/mol. The summed E-state index contributed by atoms with van der Waals surface area (Å²) >= 11 is 12.4. The highest BCUT2D eigenvalue weighted by atomic mass is 35.5. The number of carbonyl (C=O) groups excluding carboxylic acids is 1. The minimum absolute atomic E-state index is 0.298. The number of halogens is 2. The fraction of sp³-hybridized carbons (Fsp3) is 0.136. The number of nitrogens with one attached hydrogen (secondary N) is 2. The molecule has 0 bridgehead atoms. The first kappa shape index (κ1) is 19.7. The van der Waals surface area contributed by atoms with E-state index in [1.54, 1.807) is 42.6 Å². The van der Waals surface area contributed by atoms with E-state index in [1.807, 2.05) is 6.07 Å². The van der Waals surface area contributed by atoms with Gasteiger partial charge in [-0.25, -0.2) is 4.79 Å². The Morgan fingerprint density at radius 1 is 1.13 bits per heavy atom. The summed E-state index contributed by atoms with van der Waals surface area (Å²) < 4.78 is 10.9. The van der Waals surface area contributed by atoms with E-state index in [0.717, 1.165) is 5.56 Å². The number of aromatic nitrogens is 2. The highest BCUT2D eigenvalue weighted by molar-refractivity contribution is 6.42. The summed E-state index contributed by atoms with van der Waals surface area (Å²) in [7, 11) is 0. The van der Waals surface area contributed by atoms with Gasteiger partial charge in [0.1, 0.15) is 17.0 Å². The second kappa shape index (κ2) is 7.44. The number of benzene rings is 2. The average Bonchev–Trinajstić information content (AvgIpc) is 3.15. The van der Waals surface area contributed by atoms with Gasteiger partial charge >= 0.3 is 5.76 Å². The summed E-state index contributed by atoms with van der Waals surface area (Å²) in [4.78, 5) is 31.9. The van der Waals surface area contributed by atoms with Gasteiger partial charge in [0, 0.05) is 18.2 Å². The van der Waals surface area contributed by atoms with Crippen molar-refractivity contribution in [2.75, 3.05) is 6.61 Å². The first-order chi connectivity index (χ1) is 15.0. The first-order valence-electron chi connectivity index (χ1n) is 9.45. The van der Waals surface area contributed by atoms with Gasteiger partial charge in [-0.3, -0.25) is 14.8 Å². The van der Waals surface area contributed by atoms with E-state index in [2.05, 4.69) is 15.3 Å². The SMILES string of the molecule is O=C(NC1(c2ccc(Cl)c(Cl)c2)CCOc2cccnc21)c1ccc2[nH]c(=O)oc2c1. The number of amides is 1. The second-order valence-electron chi connectivity index (χ2n) is 7.16. The maximum Gasteiger partial charge on any atom is 0.417 e. The van der Waals surface area contributed by atoms with Gasteiger partial charge in [-0.15, -0.1) is 0 Å². The lowest BCUT2D eigenvalue weighted by atomic mass is 9.81. The maximum absolute atomic E-state index is 13.3. The summed E-state index contributed by atoms with van der Waals surface area (Å²) in [6, 6.07) is 13.6. The third-order valence-corrected chi connectivity index (χ3v) is 6.07. The van der Waals surface area contributed by atoms with Crippen LogP contribution in [0.3, 0.4) is 0 Å². The van der Waals surface area contributed by atoms with Crippen molar-refractivity contribution in [1.29, 1.82) is 0 Å². The highest BCUT2D eigenvalue weighted by Crippen LogP contribution is 2.42. The molecule has 0 radical (unpaired) electrons. The van der Waals surface area contributed by atoms with Crippen LogP contribution >= 0.6 is 23.2 Å². The van der Waals surface area contributed by atoms with Crippen LogP contribution in [0.5, 0.6) is 5.75 Å². The quantitative estimate of drug-likeness (QED) is 0.480. The third-order valence-electron chi connectivity index (χ3n) is 5.33. The minimum Gasteiger partial charge on any atom is -0.491 e. The molecule has 9 heteroatoms. The van der Waals surface area contributed by atoms with Gasteiger partial charge in [0.15, 0.2) is 5.58 Å². The highest BCUT2D eigenvalue weighted by Gasteiger charge is 2.42. The molecular formula is C22H15Cl2N3O4. The number of rotatable bonds is 3. The fourth-order valence-electron chi connectivity index (χ4n) is 3.85. The van der Waals surface area contributed by atoms with Crippen LogP contribution in [0, 0.1) is 0 Å². The molecule has 31 heavy (non-hydrogen) atoms. The van der Waals surface area contributed by atoms with Crippen LogP contribution in [0.4, 0.5) is 0 Å². The van der Waals surface area contributed by atoms with Gasteiger partial charge in [0.25, 0.3) is 5.91 Å². The number of hydrogen-bond acceptors (Lipinski definition) is 5. The molecule has 1 aliphatic heterocycles. The van der Waals surface area contributed by atoms with E-state index < -0.39 is 11.3 Å². The van der Waals surface area contributed by atoms with E-state index >= 15 is 0 Å². The van der Waals surface area contributed by atoms with Crippen molar-refractivity contribution in [1.82, 2.24) is 15.3 Å². The van der Waals surface area contributed by atoms with Crippen LogP contribution in [-0.2, 0) is 5.54 Å². The summed E-state index contributed by atoms with van der Waals surface area (Å²) in [6.45, 7) is 0.366. The molecule has 2 N–H and O–H groups in total. The predicted molar refractivity (Wildman–Crippen MR) is 116 cm³/mol. The van der Waals surface area contributed by atoms with Crippen LogP contribution in [0.15, 0.2) is 63.9 Å². The standard InChI is InChI=1S/C22H15Cl2N3O4/c23-14-5-4-13(11-15(14)24)22(7-9-30-17-2-1-8-25-19(17)22)27-20(28)12-3-6-16-18(10-12)31-21(29)26-16/h1-6,8,10-11H,7,9H2,(H,26,29)(H,27,28). The number of aromatic amines is 1. The van der Waals surface area contributed by atoms with Gasteiger partial charge in [-0.2, -0.15) is 0 Å². The number of nitrogens with zero attached hydrogens (tertiary/aromatic N) is 1. The Labute approximate surface area is 186 Å². The Balaban J connectivity index is 1.63. The Hall–Kier alpha value is -3.29. The molecule has 3 heterocycles. The normalized spacial score (nSPS) is 17.7. The number of ether oxygens (including phenoxy) is 1. The average molecular weight is 456 g/mol. The van der Waals surface area contributed by atoms with Crippen molar-refractivity contribution in [2.45, 2.75) is 12.0 Å². The van der Waals surface area contributed by atoms with Crippen LogP contribution < -0.4 is 15.8 Å². The summed E-state index contributed by atoms with van der Waals surface area (Å²) in [5.41, 5.74) is 1.45. The lowest BCUT2D eigenvalue weighted by Gasteiger charge is -2.39. The van der Waals surface area contributed by atoms with Gasteiger partial charge < -0.3 is 14.5 Å². The van der Waals surface area contributed by atoms with Crippen LogP contribution in [-0.4, -0.2) is 22.5 Å². The van der Waals surface area contributed by atoms with Crippen LogP contribution in [0.25, 0.3) is 11.1 Å². The van der Waals surface area contributed by atoms with E-state index in [-0.39, 0.29) is 5.91 Å². The molecule has 1 atom stereocenters. The van der Waals surface area contributed by atoms with E-state index in [4.69, 9.17) is 32.4 Å². The Morgan fingerprint density at radius 3 is 2.84 bits per heavy atom. The lowest BCUT2D eigenvalue weighted by molar-refractivity contribution is 0.0883. The number of pyridine rings is 1. The van der Waals surface area contributed by atoms with E-state index in [9.17, 15) is 9.59 Å². The smallest absolute Gasteiger partial charge is 0.417 e. The minimum atomic E-state index is -0.992. The maximum atomic E-state index is 13.3. The van der Waals surface area contributed by atoms with Gasteiger partial charge in [-0.05, 0) is 48.0 Å². The number of H-pyrrole nitrogens is 1. The Morgan fingerprint density at radius 2 is 2.00 bits per heavy atom. The molecule has 2 aromatic heterocycles. The first-order valence-corrected chi connectivity index (χ1v) is 10.2. The van der Waals surface area contributed by atoms with Gasteiger partial charge in [-0.1, -0.05) is 29.3 Å². The zero-order valence-electron chi connectivity index (χ0n) is 15.9.